The summed E-state index contributed by atoms with van der Waals surface area (Å²) in [6.45, 7) is 6.30. The highest BCUT2D eigenvalue weighted by Crippen LogP contribution is 2.25. The van der Waals surface area contributed by atoms with Crippen molar-refractivity contribution in [3.63, 3.8) is 0 Å². The molecule has 1 aliphatic rings. The number of aromatic nitrogens is 2. The molecule has 1 atom stereocenters. The SMILES string of the molecule is CCOc1cc(C)nc(N2CCCCC2CCN)n1. The third kappa shape index (κ3) is 3.56. The lowest BCUT2D eigenvalue weighted by Crippen LogP contribution is -2.41. The number of aryl methyl sites for hydroxylation is 1. The molecular formula is C14H24N4O. The molecule has 1 fully saturated rings. The standard InChI is InChI=1S/C14H24N4O/c1-3-19-13-10-11(2)16-14(17-13)18-9-5-4-6-12(18)7-8-15/h10,12H,3-9,15H2,1-2H3. The number of piperidine rings is 1. The zero-order valence-electron chi connectivity index (χ0n) is 11.9. The molecular weight excluding hydrogens is 240 g/mol. The normalized spacial score (nSPS) is 19.5. The second kappa shape index (κ2) is 6.70. The summed E-state index contributed by atoms with van der Waals surface area (Å²) in [7, 11) is 0. The molecule has 0 aromatic carbocycles. The summed E-state index contributed by atoms with van der Waals surface area (Å²) in [6.07, 6.45) is 4.65. The van der Waals surface area contributed by atoms with Crippen molar-refractivity contribution >= 4 is 5.95 Å². The summed E-state index contributed by atoms with van der Waals surface area (Å²) < 4.78 is 5.51. The van der Waals surface area contributed by atoms with Crippen molar-refractivity contribution in [2.45, 2.75) is 45.6 Å². The number of anilines is 1. The van der Waals surface area contributed by atoms with Gasteiger partial charge >= 0.3 is 0 Å². The highest BCUT2D eigenvalue weighted by atomic mass is 16.5. The van der Waals surface area contributed by atoms with Crippen LogP contribution in [0.15, 0.2) is 6.07 Å². The lowest BCUT2D eigenvalue weighted by atomic mass is 10.00. The van der Waals surface area contributed by atoms with Gasteiger partial charge in [-0.05, 0) is 46.1 Å². The van der Waals surface area contributed by atoms with Gasteiger partial charge in [0.05, 0.1) is 6.61 Å². The zero-order chi connectivity index (χ0) is 13.7. The van der Waals surface area contributed by atoms with E-state index in [9.17, 15) is 0 Å². The van der Waals surface area contributed by atoms with E-state index < -0.39 is 0 Å². The molecule has 2 N–H and O–H groups in total. The molecule has 0 radical (unpaired) electrons. The molecule has 19 heavy (non-hydrogen) atoms. The minimum Gasteiger partial charge on any atom is -0.478 e. The largest absolute Gasteiger partial charge is 0.478 e. The molecule has 5 heteroatoms. The maximum absolute atomic E-state index is 5.71. The Bertz CT molecular complexity index is 408. The highest BCUT2D eigenvalue weighted by Gasteiger charge is 2.24. The first-order valence-electron chi connectivity index (χ1n) is 7.19. The quantitative estimate of drug-likeness (QED) is 0.880. The van der Waals surface area contributed by atoms with Gasteiger partial charge in [0.1, 0.15) is 0 Å². The van der Waals surface area contributed by atoms with Crippen molar-refractivity contribution in [1.29, 1.82) is 0 Å². The maximum atomic E-state index is 5.71. The Kier molecular flexibility index (Phi) is 4.96. The van der Waals surface area contributed by atoms with Crippen LogP contribution in [0.2, 0.25) is 0 Å². The zero-order valence-corrected chi connectivity index (χ0v) is 11.9. The maximum Gasteiger partial charge on any atom is 0.229 e. The van der Waals surface area contributed by atoms with Crippen LogP contribution in [0.3, 0.4) is 0 Å². The molecule has 1 aromatic heterocycles. The summed E-state index contributed by atoms with van der Waals surface area (Å²) >= 11 is 0. The Labute approximate surface area is 115 Å². The van der Waals surface area contributed by atoms with Crippen LogP contribution >= 0.6 is 0 Å². The van der Waals surface area contributed by atoms with Crippen LogP contribution in [0.5, 0.6) is 5.88 Å². The van der Waals surface area contributed by atoms with Crippen LogP contribution in [0.25, 0.3) is 0 Å². The fourth-order valence-corrected chi connectivity index (χ4v) is 2.63. The van der Waals surface area contributed by atoms with Crippen molar-refractivity contribution in [3.05, 3.63) is 11.8 Å². The molecule has 1 saturated heterocycles. The van der Waals surface area contributed by atoms with Crippen LogP contribution < -0.4 is 15.4 Å². The highest BCUT2D eigenvalue weighted by molar-refractivity contribution is 5.36. The lowest BCUT2D eigenvalue weighted by Gasteiger charge is -2.35. The summed E-state index contributed by atoms with van der Waals surface area (Å²) in [5.41, 5.74) is 6.66. The second-order valence-electron chi connectivity index (χ2n) is 5.00. The molecule has 0 amide bonds. The molecule has 106 valence electrons. The predicted octanol–water partition coefficient (Wildman–Crippen LogP) is 1.89. The van der Waals surface area contributed by atoms with E-state index >= 15 is 0 Å². The van der Waals surface area contributed by atoms with E-state index in [-0.39, 0.29) is 0 Å². The summed E-state index contributed by atoms with van der Waals surface area (Å²) in [5.74, 6) is 1.46. The summed E-state index contributed by atoms with van der Waals surface area (Å²) in [5, 5.41) is 0. The third-order valence-corrected chi connectivity index (χ3v) is 3.50. The van der Waals surface area contributed by atoms with Crippen molar-refractivity contribution in [1.82, 2.24) is 9.97 Å². The van der Waals surface area contributed by atoms with E-state index in [1.54, 1.807) is 0 Å². The predicted molar refractivity (Wildman–Crippen MR) is 76.6 cm³/mol. The first-order valence-corrected chi connectivity index (χ1v) is 7.19. The van der Waals surface area contributed by atoms with E-state index in [0.29, 0.717) is 25.1 Å². The Morgan fingerprint density at radius 1 is 1.42 bits per heavy atom. The average molecular weight is 264 g/mol. The van der Waals surface area contributed by atoms with Crippen molar-refractivity contribution < 1.29 is 4.74 Å². The summed E-state index contributed by atoms with van der Waals surface area (Å²) in [4.78, 5) is 11.4. The van der Waals surface area contributed by atoms with Crippen LogP contribution in [-0.2, 0) is 0 Å². The van der Waals surface area contributed by atoms with Gasteiger partial charge in [-0.25, -0.2) is 4.98 Å². The molecule has 1 aromatic rings. The fraction of sp³-hybridized carbons (Fsp3) is 0.714. The lowest BCUT2D eigenvalue weighted by molar-refractivity contribution is 0.324. The van der Waals surface area contributed by atoms with Gasteiger partial charge in [0, 0.05) is 24.3 Å². The molecule has 0 saturated carbocycles. The number of nitrogens with two attached hydrogens (primary N) is 1. The van der Waals surface area contributed by atoms with Crippen molar-refractivity contribution in [3.8, 4) is 5.88 Å². The second-order valence-corrected chi connectivity index (χ2v) is 5.00. The molecule has 5 nitrogen and oxygen atoms in total. The minimum atomic E-state index is 0.468. The molecule has 2 rings (SSSR count). The van der Waals surface area contributed by atoms with Gasteiger partial charge < -0.3 is 15.4 Å². The monoisotopic (exact) mass is 264 g/mol. The van der Waals surface area contributed by atoms with Gasteiger partial charge in [0.2, 0.25) is 11.8 Å². The first-order chi connectivity index (χ1) is 9.24. The first kappa shape index (κ1) is 14.1. The molecule has 0 spiro atoms. The Morgan fingerprint density at radius 3 is 3.00 bits per heavy atom. The third-order valence-electron chi connectivity index (χ3n) is 3.50. The van der Waals surface area contributed by atoms with Crippen LogP contribution in [0.1, 0.15) is 38.3 Å². The van der Waals surface area contributed by atoms with E-state index in [0.717, 1.165) is 24.6 Å². The van der Waals surface area contributed by atoms with Crippen LogP contribution in [-0.4, -0.2) is 35.7 Å². The minimum absolute atomic E-state index is 0.468. The number of nitrogens with zero attached hydrogens (tertiary/aromatic N) is 3. The number of hydrogen-bond acceptors (Lipinski definition) is 5. The molecule has 2 heterocycles. The Morgan fingerprint density at radius 2 is 2.26 bits per heavy atom. The number of hydrogen-bond donors (Lipinski definition) is 1. The Balaban J connectivity index is 2.22. The number of ether oxygens (including phenoxy) is 1. The van der Waals surface area contributed by atoms with Gasteiger partial charge in [-0.3, -0.25) is 0 Å². The molecule has 0 bridgehead atoms. The number of rotatable bonds is 5. The van der Waals surface area contributed by atoms with Gasteiger partial charge in [-0.15, -0.1) is 0 Å². The van der Waals surface area contributed by atoms with Crippen molar-refractivity contribution in [2.75, 3.05) is 24.6 Å². The molecule has 1 unspecified atom stereocenters. The Hall–Kier alpha value is -1.36. The molecule has 0 aliphatic carbocycles. The van der Waals surface area contributed by atoms with Crippen LogP contribution in [0, 0.1) is 6.92 Å². The fourth-order valence-electron chi connectivity index (χ4n) is 2.63. The van der Waals surface area contributed by atoms with E-state index in [2.05, 4.69) is 14.9 Å². The van der Waals surface area contributed by atoms with Gasteiger partial charge in [-0.2, -0.15) is 4.98 Å². The topological polar surface area (TPSA) is 64.3 Å². The van der Waals surface area contributed by atoms with Crippen LogP contribution in [0.4, 0.5) is 5.95 Å². The molecule has 1 aliphatic heterocycles. The van der Waals surface area contributed by atoms with Gasteiger partial charge in [0.25, 0.3) is 0 Å². The average Bonchev–Trinajstić information content (AvgIpc) is 2.39. The van der Waals surface area contributed by atoms with E-state index in [1.165, 1.54) is 19.3 Å². The van der Waals surface area contributed by atoms with E-state index in [1.807, 2.05) is 19.9 Å². The summed E-state index contributed by atoms with van der Waals surface area (Å²) in [6, 6.07) is 2.35. The van der Waals surface area contributed by atoms with Gasteiger partial charge in [-0.1, -0.05) is 0 Å². The van der Waals surface area contributed by atoms with Gasteiger partial charge in [0.15, 0.2) is 0 Å². The van der Waals surface area contributed by atoms with Crippen molar-refractivity contribution in [2.24, 2.45) is 5.73 Å². The van der Waals surface area contributed by atoms with E-state index in [4.69, 9.17) is 10.5 Å². The smallest absolute Gasteiger partial charge is 0.229 e.